The van der Waals surface area contributed by atoms with Crippen LogP contribution in [0, 0.1) is 18.8 Å². The molecule has 0 aromatic carbocycles. The molecule has 0 bridgehead atoms. The van der Waals surface area contributed by atoms with Crippen molar-refractivity contribution in [2.45, 2.75) is 33.2 Å². The van der Waals surface area contributed by atoms with Crippen LogP contribution in [0.5, 0.6) is 17.5 Å². The minimum absolute atomic E-state index is 0.247. The van der Waals surface area contributed by atoms with Gasteiger partial charge in [-0.3, -0.25) is 4.90 Å². The Balaban J connectivity index is 1.45. The van der Waals surface area contributed by atoms with Gasteiger partial charge in [-0.1, -0.05) is 6.92 Å². The fraction of sp³-hybridized carbons (Fsp3) is 0.545. The predicted molar refractivity (Wildman–Crippen MR) is 107 cm³/mol. The summed E-state index contributed by atoms with van der Waals surface area (Å²) in [6.07, 6.45) is 1.04. The average molecular weight is 383 g/mol. The summed E-state index contributed by atoms with van der Waals surface area (Å²) in [7, 11) is 1.67. The molecule has 0 spiro atoms. The molecule has 28 heavy (non-hydrogen) atoms. The summed E-state index contributed by atoms with van der Waals surface area (Å²) in [4.78, 5) is 11.6. The van der Waals surface area contributed by atoms with Crippen LogP contribution >= 0.6 is 0 Å². The maximum atomic E-state index is 5.66. The molecule has 2 aliphatic heterocycles. The van der Waals surface area contributed by atoms with Crippen LogP contribution in [0.3, 0.4) is 0 Å². The SMILES string of the molecule is COc1cc(C[C@H]2CN(C(C)c3ccc4c(n3)OCCO4)C[C@@H]2C)cc(C)n1. The lowest BCUT2D eigenvalue weighted by Gasteiger charge is -2.25. The second kappa shape index (κ2) is 7.95. The molecule has 3 atom stereocenters. The molecule has 2 aliphatic rings. The van der Waals surface area contributed by atoms with Gasteiger partial charge in [-0.25, -0.2) is 9.97 Å². The molecule has 1 saturated heterocycles. The third-order valence-electron chi connectivity index (χ3n) is 5.90. The summed E-state index contributed by atoms with van der Waals surface area (Å²) < 4.78 is 16.6. The number of aryl methyl sites for hydroxylation is 1. The predicted octanol–water partition coefficient (Wildman–Crippen LogP) is 3.44. The molecule has 0 amide bonds. The average Bonchev–Trinajstić information content (AvgIpc) is 3.06. The Bertz CT molecular complexity index is 842. The number of methoxy groups -OCH3 is 1. The number of hydrogen-bond acceptors (Lipinski definition) is 6. The van der Waals surface area contributed by atoms with Crippen molar-refractivity contribution in [1.82, 2.24) is 14.9 Å². The normalized spacial score (nSPS) is 22.9. The first-order chi connectivity index (χ1) is 13.5. The van der Waals surface area contributed by atoms with Crippen molar-refractivity contribution in [3.8, 4) is 17.5 Å². The zero-order valence-corrected chi connectivity index (χ0v) is 17.1. The van der Waals surface area contributed by atoms with Crippen molar-refractivity contribution in [3.63, 3.8) is 0 Å². The summed E-state index contributed by atoms with van der Waals surface area (Å²) in [6.45, 7) is 9.88. The second-order valence-electron chi connectivity index (χ2n) is 7.97. The largest absolute Gasteiger partial charge is 0.484 e. The van der Waals surface area contributed by atoms with Gasteiger partial charge in [0.25, 0.3) is 5.88 Å². The lowest BCUT2D eigenvalue weighted by atomic mass is 9.91. The van der Waals surface area contributed by atoms with Gasteiger partial charge in [0.1, 0.15) is 13.2 Å². The molecule has 0 N–H and O–H groups in total. The maximum absolute atomic E-state index is 5.66. The first-order valence-electron chi connectivity index (χ1n) is 10.1. The summed E-state index contributed by atoms with van der Waals surface area (Å²) >= 11 is 0. The van der Waals surface area contributed by atoms with E-state index in [0.717, 1.165) is 36.6 Å². The standard InChI is InChI=1S/C22H29N3O3/c1-14-12-25(13-18(14)10-17-9-15(2)23-21(11-17)26-4)16(3)19-5-6-20-22(24-19)28-8-7-27-20/h5-6,9,11,14,16,18H,7-8,10,12-13H2,1-4H3/t14-,16?,18-/m0/s1. The Labute approximate surface area is 166 Å². The summed E-state index contributed by atoms with van der Waals surface area (Å²) in [5.74, 6) is 3.30. The molecule has 4 rings (SSSR count). The Morgan fingerprint density at radius 3 is 2.82 bits per heavy atom. The van der Waals surface area contributed by atoms with Crippen LogP contribution in [0.2, 0.25) is 0 Å². The monoisotopic (exact) mass is 383 g/mol. The molecule has 4 heterocycles. The molecule has 150 valence electrons. The van der Waals surface area contributed by atoms with Crippen molar-refractivity contribution in [2.75, 3.05) is 33.4 Å². The molecule has 2 aromatic rings. The van der Waals surface area contributed by atoms with Gasteiger partial charge in [-0.2, -0.15) is 0 Å². The Hall–Kier alpha value is -2.34. The summed E-state index contributed by atoms with van der Waals surface area (Å²) in [6, 6.07) is 8.53. The van der Waals surface area contributed by atoms with E-state index in [2.05, 4.69) is 41.9 Å². The Kier molecular flexibility index (Phi) is 5.40. The quantitative estimate of drug-likeness (QED) is 0.788. The van der Waals surface area contributed by atoms with E-state index in [1.807, 2.05) is 13.0 Å². The van der Waals surface area contributed by atoms with Crippen LogP contribution < -0.4 is 14.2 Å². The number of hydrogen-bond donors (Lipinski definition) is 0. The minimum Gasteiger partial charge on any atom is -0.484 e. The van der Waals surface area contributed by atoms with Gasteiger partial charge in [0.05, 0.1) is 12.8 Å². The first-order valence-corrected chi connectivity index (χ1v) is 10.1. The number of pyridine rings is 2. The van der Waals surface area contributed by atoms with Crippen LogP contribution in [0.15, 0.2) is 24.3 Å². The maximum Gasteiger partial charge on any atom is 0.257 e. The molecule has 0 saturated carbocycles. The molecule has 1 unspecified atom stereocenters. The lowest BCUT2D eigenvalue weighted by molar-refractivity contribution is 0.162. The number of aromatic nitrogens is 2. The molecular formula is C22H29N3O3. The molecule has 1 fully saturated rings. The van der Waals surface area contributed by atoms with Gasteiger partial charge >= 0.3 is 0 Å². The fourth-order valence-electron chi connectivity index (χ4n) is 4.25. The van der Waals surface area contributed by atoms with Crippen molar-refractivity contribution in [2.24, 2.45) is 11.8 Å². The molecular weight excluding hydrogens is 354 g/mol. The van der Waals surface area contributed by atoms with Gasteiger partial charge in [0, 0.05) is 30.9 Å². The second-order valence-corrected chi connectivity index (χ2v) is 7.97. The van der Waals surface area contributed by atoms with Gasteiger partial charge in [0.2, 0.25) is 5.88 Å². The summed E-state index contributed by atoms with van der Waals surface area (Å²) in [5.41, 5.74) is 3.34. The van der Waals surface area contributed by atoms with Crippen molar-refractivity contribution in [1.29, 1.82) is 0 Å². The highest BCUT2D eigenvalue weighted by atomic mass is 16.6. The number of ether oxygens (including phenoxy) is 3. The first kappa shape index (κ1) is 19.0. The van der Waals surface area contributed by atoms with Crippen molar-refractivity contribution >= 4 is 0 Å². The van der Waals surface area contributed by atoms with Gasteiger partial charge < -0.3 is 14.2 Å². The smallest absolute Gasteiger partial charge is 0.257 e. The van der Waals surface area contributed by atoms with E-state index in [0.29, 0.717) is 36.8 Å². The van der Waals surface area contributed by atoms with Gasteiger partial charge in [-0.05, 0) is 55.9 Å². The molecule has 6 nitrogen and oxygen atoms in total. The Morgan fingerprint density at radius 2 is 2.00 bits per heavy atom. The van der Waals surface area contributed by atoms with Crippen LogP contribution in [-0.2, 0) is 6.42 Å². The van der Waals surface area contributed by atoms with Crippen LogP contribution in [0.1, 0.15) is 36.8 Å². The van der Waals surface area contributed by atoms with E-state index in [9.17, 15) is 0 Å². The van der Waals surface area contributed by atoms with E-state index in [4.69, 9.17) is 19.2 Å². The van der Waals surface area contributed by atoms with E-state index in [-0.39, 0.29) is 6.04 Å². The van der Waals surface area contributed by atoms with Crippen LogP contribution in [-0.4, -0.2) is 48.3 Å². The van der Waals surface area contributed by atoms with E-state index in [1.54, 1.807) is 7.11 Å². The molecule has 0 aliphatic carbocycles. The number of likely N-dealkylation sites (tertiary alicyclic amines) is 1. The zero-order chi connectivity index (χ0) is 19.7. The zero-order valence-electron chi connectivity index (χ0n) is 17.1. The minimum atomic E-state index is 0.247. The number of fused-ring (bicyclic) bond motifs is 1. The number of nitrogens with zero attached hydrogens (tertiary/aromatic N) is 3. The molecule has 0 radical (unpaired) electrons. The molecule has 6 heteroatoms. The highest BCUT2D eigenvalue weighted by Gasteiger charge is 2.33. The third-order valence-corrected chi connectivity index (χ3v) is 5.90. The van der Waals surface area contributed by atoms with Crippen molar-refractivity contribution < 1.29 is 14.2 Å². The lowest BCUT2D eigenvalue weighted by Crippen LogP contribution is -2.26. The van der Waals surface area contributed by atoms with Gasteiger partial charge in [0.15, 0.2) is 5.75 Å². The highest BCUT2D eigenvalue weighted by Crippen LogP contribution is 2.35. The third kappa shape index (κ3) is 3.92. The van der Waals surface area contributed by atoms with E-state index >= 15 is 0 Å². The fourth-order valence-corrected chi connectivity index (χ4v) is 4.25. The molecule has 2 aromatic heterocycles. The number of rotatable bonds is 5. The topological polar surface area (TPSA) is 56.7 Å². The highest BCUT2D eigenvalue weighted by molar-refractivity contribution is 5.36. The van der Waals surface area contributed by atoms with Crippen molar-refractivity contribution in [3.05, 3.63) is 41.2 Å². The Morgan fingerprint density at radius 1 is 1.18 bits per heavy atom. The van der Waals surface area contributed by atoms with Crippen LogP contribution in [0.25, 0.3) is 0 Å². The van der Waals surface area contributed by atoms with Gasteiger partial charge in [-0.15, -0.1) is 0 Å². The van der Waals surface area contributed by atoms with E-state index < -0.39 is 0 Å². The van der Waals surface area contributed by atoms with Crippen LogP contribution in [0.4, 0.5) is 0 Å². The summed E-state index contributed by atoms with van der Waals surface area (Å²) in [5, 5.41) is 0. The van der Waals surface area contributed by atoms with E-state index in [1.165, 1.54) is 5.56 Å².